The molecule has 1 aliphatic heterocycles. The summed E-state index contributed by atoms with van der Waals surface area (Å²) >= 11 is 1.55. The predicted molar refractivity (Wildman–Crippen MR) is 179 cm³/mol. The average Bonchev–Trinajstić information content (AvgIpc) is 3.47. The maximum atomic E-state index is 14.4. The number of urea groups is 1. The summed E-state index contributed by atoms with van der Waals surface area (Å²) in [6.45, 7) is 10.2. The molecular weight excluding hydrogens is 620 g/mol. The molecule has 3 aliphatic rings. The minimum atomic E-state index is -1.10. The van der Waals surface area contributed by atoms with Gasteiger partial charge in [0.1, 0.15) is 17.6 Å². The van der Waals surface area contributed by atoms with Gasteiger partial charge in [0.2, 0.25) is 23.5 Å². The summed E-state index contributed by atoms with van der Waals surface area (Å²) in [4.78, 5) is 81.1. The number of rotatable bonds is 13. The Labute approximate surface area is 281 Å². The molecule has 0 radical (unpaired) electrons. The first-order chi connectivity index (χ1) is 22.1. The molecule has 0 spiro atoms. The number of Topliss-reactive ketones (excluding diaryl/α,β-unsaturated/α-hetero) is 1. The second-order valence-electron chi connectivity index (χ2n) is 15.1. The number of thiophene rings is 1. The van der Waals surface area contributed by atoms with Crippen LogP contribution in [0, 0.1) is 23.2 Å². The second-order valence-corrected chi connectivity index (χ2v) is 15.8. The van der Waals surface area contributed by atoms with Crippen LogP contribution < -0.4 is 27.0 Å². The topological polar surface area (TPSA) is 180 Å². The number of ketones is 1. The lowest BCUT2D eigenvalue weighted by atomic mass is 9.80. The van der Waals surface area contributed by atoms with Gasteiger partial charge in [-0.1, -0.05) is 66.7 Å². The fourth-order valence-electron chi connectivity index (χ4n) is 6.71. The van der Waals surface area contributed by atoms with Crippen molar-refractivity contribution in [1.82, 2.24) is 26.2 Å². The van der Waals surface area contributed by atoms with Crippen molar-refractivity contribution in [3.05, 3.63) is 22.4 Å². The number of carbonyl (C=O) groups excluding carboxylic acids is 6. The molecule has 2 saturated carbocycles. The lowest BCUT2D eigenvalue weighted by Gasteiger charge is -2.39. The van der Waals surface area contributed by atoms with Crippen molar-refractivity contribution in [3.8, 4) is 0 Å². The molecule has 2 heterocycles. The number of amides is 6. The summed E-state index contributed by atoms with van der Waals surface area (Å²) in [5, 5.41) is 15.5. The lowest BCUT2D eigenvalue weighted by Crippen LogP contribution is -2.65. The maximum Gasteiger partial charge on any atom is 0.316 e. The highest BCUT2D eigenvalue weighted by atomic mass is 32.1. The van der Waals surface area contributed by atoms with Gasteiger partial charge in [-0.25, -0.2) is 4.79 Å². The molecule has 0 aromatic carbocycles. The van der Waals surface area contributed by atoms with E-state index in [1.54, 1.807) is 11.3 Å². The third-order valence-electron chi connectivity index (χ3n) is 9.92. The Bertz CT molecular complexity index is 1310. The zero-order valence-electron chi connectivity index (χ0n) is 28.4. The van der Waals surface area contributed by atoms with Gasteiger partial charge in [-0.15, -0.1) is 0 Å². The second kappa shape index (κ2) is 15.2. The molecular formula is C34H52N6O6S. The number of hydrogen-bond donors (Lipinski definition) is 5. The van der Waals surface area contributed by atoms with Gasteiger partial charge in [-0.2, -0.15) is 11.3 Å². The van der Waals surface area contributed by atoms with Gasteiger partial charge in [0.25, 0.3) is 5.91 Å². The van der Waals surface area contributed by atoms with Crippen LogP contribution in [0.2, 0.25) is 0 Å². The molecule has 1 aromatic rings. The van der Waals surface area contributed by atoms with E-state index in [4.69, 9.17) is 5.73 Å². The highest BCUT2D eigenvalue weighted by Crippen LogP contribution is 2.35. The Morgan fingerprint density at radius 2 is 1.72 bits per heavy atom. The number of nitrogens with zero attached hydrogens (tertiary/aromatic N) is 1. The van der Waals surface area contributed by atoms with E-state index in [9.17, 15) is 28.8 Å². The van der Waals surface area contributed by atoms with Crippen LogP contribution in [0.4, 0.5) is 4.79 Å². The molecule has 13 heteroatoms. The number of hydrogen-bond acceptors (Lipinski definition) is 7. The highest BCUT2D eigenvalue weighted by molar-refractivity contribution is 7.07. The summed E-state index contributed by atoms with van der Waals surface area (Å²) < 4.78 is 0. The van der Waals surface area contributed by atoms with Crippen molar-refractivity contribution in [3.63, 3.8) is 0 Å². The zero-order valence-corrected chi connectivity index (χ0v) is 29.2. The van der Waals surface area contributed by atoms with Gasteiger partial charge in [-0.05, 0) is 71.2 Å². The normalized spacial score (nSPS) is 22.2. The minimum Gasteiger partial charge on any atom is -0.363 e. The van der Waals surface area contributed by atoms with Gasteiger partial charge in [0.05, 0.1) is 6.04 Å². The van der Waals surface area contributed by atoms with Crippen LogP contribution >= 0.6 is 11.3 Å². The standard InChI is InChI=1S/C34H52N6O6S/c1-20(2)23-16-25(29(43)37-24(15-21-9-10-21)26(41)28(35)42)40(18-23)30(44)27(33(3,4)5)38-32(46)39-34(12-7-6-8-13-34)31(45)36-17-22-11-14-47-19-22/h11,14,19-21,23-25,27H,6-10,12-13,15-18H2,1-5H3,(H2,35,42)(H,36,45)(H,37,43)(H2,38,39,46)/t23-,24?,25+,27-/m1/s1. The molecule has 2 aliphatic carbocycles. The van der Waals surface area contributed by atoms with E-state index in [-0.39, 0.29) is 23.7 Å². The van der Waals surface area contributed by atoms with Crippen LogP contribution in [0.1, 0.15) is 98.0 Å². The van der Waals surface area contributed by atoms with Crippen LogP contribution in [0.15, 0.2) is 16.8 Å². The van der Waals surface area contributed by atoms with Crippen molar-refractivity contribution in [1.29, 1.82) is 0 Å². The summed E-state index contributed by atoms with van der Waals surface area (Å²) in [6, 6.07) is -1.63. The van der Waals surface area contributed by atoms with Crippen molar-refractivity contribution in [2.45, 2.75) is 123 Å². The Morgan fingerprint density at radius 3 is 2.28 bits per heavy atom. The van der Waals surface area contributed by atoms with Gasteiger partial charge in [0.15, 0.2) is 0 Å². The first-order valence-corrected chi connectivity index (χ1v) is 17.9. The first kappa shape index (κ1) is 36.4. The third kappa shape index (κ3) is 9.33. The van der Waals surface area contributed by atoms with Crippen molar-refractivity contribution >= 4 is 46.8 Å². The Hall–Kier alpha value is -3.48. The van der Waals surface area contributed by atoms with Gasteiger partial charge in [-0.3, -0.25) is 24.0 Å². The molecule has 4 atom stereocenters. The predicted octanol–water partition coefficient (Wildman–Crippen LogP) is 2.99. The van der Waals surface area contributed by atoms with Crippen molar-refractivity contribution in [2.24, 2.45) is 28.9 Å². The number of likely N-dealkylation sites (tertiary alicyclic amines) is 1. The van der Waals surface area contributed by atoms with Crippen molar-refractivity contribution < 1.29 is 28.8 Å². The van der Waals surface area contributed by atoms with Crippen LogP contribution in [-0.2, 0) is 30.5 Å². The van der Waals surface area contributed by atoms with Crippen LogP contribution in [-0.4, -0.2) is 70.6 Å². The number of nitrogens with one attached hydrogen (secondary N) is 4. The average molecular weight is 673 g/mol. The van der Waals surface area contributed by atoms with Crippen LogP contribution in [0.3, 0.4) is 0 Å². The Kier molecular flexibility index (Phi) is 11.7. The van der Waals surface area contributed by atoms with E-state index < -0.39 is 58.6 Å². The maximum absolute atomic E-state index is 14.4. The lowest BCUT2D eigenvalue weighted by molar-refractivity contribution is -0.143. The fraction of sp³-hybridized carbons (Fsp3) is 0.706. The monoisotopic (exact) mass is 672 g/mol. The quantitative estimate of drug-likeness (QED) is 0.201. The Morgan fingerprint density at radius 1 is 1.04 bits per heavy atom. The largest absolute Gasteiger partial charge is 0.363 e. The van der Waals surface area contributed by atoms with E-state index in [0.717, 1.165) is 37.7 Å². The molecule has 3 fully saturated rings. The van der Waals surface area contributed by atoms with E-state index in [1.807, 2.05) is 51.4 Å². The fourth-order valence-corrected chi connectivity index (χ4v) is 7.38. The van der Waals surface area contributed by atoms with Gasteiger partial charge in [0, 0.05) is 13.1 Å². The highest BCUT2D eigenvalue weighted by Gasteiger charge is 2.47. The molecule has 4 rings (SSSR count). The summed E-state index contributed by atoms with van der Waals surface area (Å²) in [5.74, 6) is -2.71. The van der Waals surface area contributed by atoms with Gasteiger partial charge >= 0.3 is 6.03 Å². The SMILES string of the molecule is CC(C)[C@@H]1C[C@@H](C(=O)NC(CC2CC2)C(=O)C(N)=O)N(C(=O)[C@@H](NC(=O)NC2(C(=O)NCc3ccsc3)CCCCC2)C(C)(C)C)C1. The smallest absolute Gasteiger partial charge is 0.316 e. The van der Waals surface area contributed by atoms with Crippen LogP contribution in [0.25, 0.3) is 0 Å². The molecule has 6 N–H and O–H groups in total. The zero-order chi connectivity index (χ0) is 34.5. The summed E-state index contributed by atoms with van der Waals surface area (Å²) in [7, 11) is 0. The molecule has 1 saturated heterocycles. The number of carbonyl (C=O) groups is 6. The molecule has 47 heavy (non-hydrogen) atoms. The van der Waals surface area contributed by atoms with E-state index in [0.29, 0.717) is 38.8 Å². The molecule has 12 nitrogen and oxygen atoms in total. The van der Waals surface area contributed by atoms with Gasteiger partial charge < -0.3 is 31.9 Å². The summed E-state index contributed by atoms with van der Waals surface area (Å²) in [5.41, 5.74) is 4.43. The molecule has 1 aromatic heterocycles. The minimum absolute atomic E-state index is 0.00954. The molecule has 6 amide bonds. The van der Waals surface area contributed by atoms with Crippen molar-refractivity contribution in [2.75, 3.05) is 6.54 Å². The first-order valence-electron chi connectivity index (χ1n) is 16.9. The Balaban J connectivity index is 1.51. The number of nitrogens with two attached hydrogens (primary N) is 1. The van der Waals surface area contributed by atoms with E-state index in [2.05, 4.69) is 21.3 Å². The van der Waals surface area contributed by atoms with E-state index >= 15 is 0 Å². The number of primary amides is 1. The molecule has 0 bridgehead atoms. The van der Waals surface area contributed by atoms with Crippen LogP contribution in [0.5, 0.6) is 0 Å². The molecule has 1 unspecified atom stereocenters. The summed E-state index contributed by atoms with van der Waals surface area (Å²) in [6.07, 6.45) is 6.06. The van der Waals surface area contributed by atoms with E-state index in [1.165, 1.54) is 4.90 Å². The molecule has 260 valence electrons. The third-order valence-corrected chi connectivity index (χ3v) is 10.7.